The highest BCUT2D eigenvalue weighted by Gasteiger charge is 2.54. The molecule has 1 aromatic heterocycles. The predicted molar refractivity (Wildman–Crippen MR) is 97.6 cm³/mol. The second-order valence-electron chi connectivity index (χ2n) is 5.50. The van der Waals surface area contributed by atoms with Crippen LogP contribution >= 0.6 is 23.1 Å². The number of allylic oxidation sites excluding steroid dienone is 1. The molecule has 0 aromatic carbocycles. The molecule has 2 aliphatic rings. The van der Waals surface area contributed by atoms with E-state index in [1.54, 1.807) is 0 Å². The molecule has 1 saturated heterocycles. The van der Waals surface area contributed by atoms with Crippen LogP contribution in [0.4, 0.5) is 5.13 Å². The minimum absolute atomic E-state index is 0.0101. The number of nitroso groups, excluding NO2 is 1. The van der Waals surface area contributed by atoms with Crippen LogP contribution in [0.1, 0.15) is 11.7 Å². The maximum atomic E-state index is 12.5. The number of fused-ring (bicyclic) bond motifs is 1. The first-order valence-corrected chi connectivity index (χ1v) is 9.40. The molecule has 11 nitrogen and oxygen atoms in total. The minimum Gasteiger partial charge on any atom is -0.375 e. The number of thioether (sulfide) groups is 1. The molecule has 0 saturated carbocycles. The summed E-state index contributed by atoms with van der Waals surface area (Å²) in [6.07, 6.45) is 1.44. The summed E-state index contributed by atoms with van der Waals surface area (Å²) in [7, 11) is 0. The average molecular weight is 410 g/mol. The molecule has 3 rings (SSSR count). The molecule has 13 heteroatoms. The number of carbonyl (C=O) groups excluding carboxylic acids is 3. The van der Waals surface area contributed by atoms with Crippen molar-refractivity contribution in [2.24, 2.45) is 11.1 Å². The summed E-state index contributed by atoms with van der Waals surface area (Å²) in [5, 5.41) is 6.34. The van der Waals surface area contributed by atoms with E-state index >= 15 is 0 Å². The van der Waals surface area contributed by atoms with E-state index in [-0.39, 0.29) is 16.5 Å². The van der Waals surface area contributed by atoms with Crippen molar-refractivity contribution in [1.82, 2.24) is 15.2 Å². The van der Waals surface area contributed by atoms with E-state index < -0.39 is 35.2 Å². The molecule has 2 aliphatic heterocycles. The summed E-state index contributed by atoms with van der Waals surface area (Å²) >= 11 is 2.38. The fourth-order valence-corrected chi connectivity index (χ4v) is 4.66. The maximum Gasteiger partial charge on any atom is 0.373 e. The van der Waals surface area contributed by atoms with Crippen molar-refractivity contribution in [1.29, 1.82) is 0 Å². The number of β-lactam (4-membered cyclic amide) rings is 1. The molecule has 1 fully saturated rings. The molecule has 142 valence electrons. The largest absolute Gasteiger partial charge is 0.375 e. The summed E-state index contributed by atoms with van der Waals surface area (Å²) in [6, 6.07) is -2.36. The van der Waals surface area contributed by atoms with Gasteiger partial charge in [-0.3, -0.25) is 14.5 Å². The number of nitrogens with zero attached hydrogens (tertiary/aromatic N) is 3. The number of carbonyl (C=O) groups is 3. The molecule has 1 aromatic rings. The SMILES string of the molecule is C=CC1=C(C(=O)ON)N2C(=O)[C@@H](NC(=O)C(N=O)c3csc(N)n3)[C@H]2SC1. The molecule has 0 spiro atoms. The summed E-state index contributed by atoms with van der Waals surface area (Å²) in [4.78, 5) is 57.2. The van der Waals surface area contributed by atoms with Gasteiger partial charge in [-0.25, -0.2) is 9.78 Å². The number of amides is 2. The Bertz CT molecular complexity index is 868. The number of nitrogen functional groups attached to an aromatic ring is 1. The zero-order chi connectivity index (χ0) is 19.7. The van der Waals surface area contributed by atoms with Crippen molar-refractivity contribution in [3.63, 3.8) is 0 Å². The van der Waals surface area contributed by atoms with Crippen LogP contribution in [0.2, 0.25) is 0 Å². The Morgan fingerprint density at radius 2 is 2.30 bits per heavy atom. The number of hydrogen-bond acceptors (Lipinski definition) is 11. The minimum atomic E-state index is -1.43. The van der Waals surface area contributed by atoms with Crippen molar-refractivity contribution in [2.75, 3.05) is 11.5 Å². The van der Waals surface area contributed by atoms with Crippen molar-refractivity contribution in [3.05, 3.63) is 39.9 Å². The van der Waals surface area contributed by atoms with Crippen LogP contribution in [0, 0.1) is 4.91 Å². The topological polar surface area (TPSA) is 170 Å². The fraction of sp³-hybridized carbons (Fsp3) is 0.286. The van der Waals surface area contributed by atoms with Gasteiger partial charge in [-0.15, -0.1) is 28.0 Å². The monoisotopic (exact) mass is 410 g/mol. The average Bonchev–Trinajstić information content (AvgIpc) is 3.10. The van der Waals surface area contributed by atoms with E-state index in [0.717, 1.165) is 11.3 Å². The second kappa shape index (κ2) is 7.46. The lowest BCUT2D eigenvalue weighted by molar-refractivity contribution is -0.153. The molecule has 5 N–H and O–H groups in total. The standard InChI is InChI=1S/C14H14N6O5S2/c1-2-5-3-26-12-8(11(22)20(12)9(5)13(23)25-16)18-10(21)7(19-24)6-4-27-14(15)17-6/h2,4,7-8,12H,1,3,16H2,(H2,15,17)(H,18,21)/t7?,8-,12-/m1/s1. The van der Waals surface area contributed by atoms with Crippen LogP contribution in [0.25, 0.3) is 0 Å². The normalized spacial score (nSPS) is 22.4. The summed E-state index contributed by atoms with van der Waals surface area (Å²) in [5.74, 6) is 3.11. The van der Waals surface area contributed by atoms with E-state index in [4.69, 9.17) is 11.6 Å². The van der Waals surface area contributed by atoms with Crippen LogP contribution < -0.4 is 16.9 Å². The first-order chi connectivity index (χ1) is 12.9. The number of thiazole rings is 1. The number of anilines is 1. The number of nitrogens with one attached hydrogen (secondary N) is 1. The van der Waals surface area contributed by atoms with Crippen LogP contribution in [-0.2, 0) is 19.2 Å². The smallest absolute Gasteiger partial charge is 0.373 e. The van der Waals surface area contributed by atoms with Crippen LogP contribution in [0.15, 0.2) is 34.5 Å². The van der Waals surface area contributed by atoms with Crippen LogP contribution in [0.3, 0.4) is 0 Å². The molecule has 27 heavy (non-hydrogen) atoms. The van der Waals surface area contributed by atoms with Gasteiger partial charge >= 0.3 is 5.97 Å². The van der Waals surface area contributed by atoms with E-state index in [1.807, 2.05) is 0 Å². The maximum absolute atomic E-state index is 12.5. The first-order valence-electron chi connectivity index (χ1n) is 7.48. The highest BCUT2D eigenvalue weighted by Crippen LogP contribution is 2.41. The third-order valence-corrected chi connectivity index (χ3v) is 6.01. The Kier molecular flexibility index (Phi) is 5.25. The summed E-state index contributed by atoms with van der Waals surface area (Å²) < 4.78 is 0. The second-order valence-corrected chi connectivity index (χ2v) is 7.49. The van der Waals surface area contributed by atoms with E-state index in [1.165, 1.54) is 28.1 Å². The first kappa shape index (κ1) is 19.0. The van der Waals surface area contributed by atoms with E-state index in [2.05, 4.69) is 26.9 Å². The third-order valence-electron chi connectivity index (χ3n) is 4.02. The molecule has 0 radical (unpaired) electrons. The van der Waals surface area contributed by atoms with Gasteiger partial charge in [0.2, 0.25) is 6.04 Å². The number of aromatic nitrogens is 1. The molecule has 3 heterocycles. The van der Waals surface area contributed by atoms with Crippen LogP contribution in [0.5, 0.6) is 0 Å². The number of hydrogen-bond donors (Lipinski definition) is 3. The van der Waals surface area contributed by atoms with Gasteiger partial charge < -0.3 is 15.9 Å². The molecular weight excluding hydrogens is 396 g/mol. The van der Waals surface area contributed by atoms with Gasteiger partial charge in [-0.1, -0.05) is 12.7 Å². The van der Waals surface area contributed by atoms with Gasteiger partial charge in [0.05, 0.1) is 5.69 Å². The van der Waals surface area contributed by atoms with E-state index in [9.17, 15) is 19.3 Å². The zero-order valence-corrected chi connectivity index (χ0v) is 15.3. The fourth-order valence-electron chi connectivity index (χ4n) is 2.74. The molecule has 0 bridgehead atoms. The number of nitrogens with two attached hydrogens (primary N) is 2. The van der Waals surface area contributed by atoms with E-state index in [0.29, 0.717) is 11.3 Å². The zero-order valence-electron chi connectivity index (χ0n) is 13.7. The van der Waals surface area contributed by atoms with Gasteiger partial charge in [0.1, 0.15) is 17.1 Å². The highest BCUT2D eigenvalue weighted by molar-refractivity contribution is 8.00. The molecular formula is C14H14N6O5S2. The Balaban J connectivity index is 1.77. The Hall–Kier alpha value is -2.77. The van der Waals surface area contributed by atoms with Gasteiger partial charge in [0, 0.05) is 11.1 Å². The molecule has 0 aliphatic carbocycles. The van der Waals surface area contributed by atoms with Gasteiger partial charge in [0.15, 0.2) is 5.13 Å². The van der Waals surface area contributed by atoms with Crippen molar-refractivity contribution >= 4 is 46.0 Å². The molecule has 1 unspecified atom stereocenters. The Labute approximate surface area is 160 Å². The predicted octanol–water partition coefficient (Wildman–Crippen LogP) is -0.210. The number of rotatable bonds is 6. The van der Waals surface area contributed by atoms with Crippen LogP contribution in [-0.4, -0.2) is 44.8 Å². The molecule has 2 amide bonds. The summed E-state index contributed by atoms with van der Waals surface area (Å²) in [5.41, 5.74) is 6.09. The Morgan fingerprint density at radius 1 is 1.56 bits per heavy atom. The van der Waals surface area contributed by atoms with Gasteiger partial charge in [0.25, 0.3) is 11.8 Å². The molecule has 3 atom stereocenters. The lowest BCUT2D eigenvalue weighted by Gasteiger charge is -2.49. The lowest BCUT2D eigenvalue weighted by Crippen LogP contribution is -2.70. The van der Waals surface area contributed by atoms with Crippen molar-refractivity contribution < 1.29 is 19.2 Å². The third kappa shape index (κ3) is 3.20. The quantitative estimate of drug-likeness (QED) is 0.326. The van der Waals surface area contributed by atoms with Crippen molar-refractivity contribution in [3.8, 4) is 0 Å². The van der Waals surface area contributed by atoms with Gasteiger partial charge in [-0.2, -0.15) is 5.90 Å². The summed E-state index contributed by atoms with van der Waals surface area (Å²) in [6.45, 7) is 3.61. The lowest BCUT2D eigenvalue weighted by atomic mass is 10.0. The highest BCUT2D eigenvalue weighted by atomic mass is 32.2. The van der Waals surface area contributed by atoms with Crippen molar-refractivity contribution in [2.45, 2.75) is 17.5 Å². The van der Waals surface area contributed by atoms with Gasteiger partial charge in [-0.05, 0) is 10.7 Å². The Morgan fingerprint density at radius 3 is 2.85 bits per heavy atom.